The molecule has 2 fully saturated rings. The number of fused-ring (bicyclic) bond motifs is 1. The van der Waals surface area contributed by atoms with Crippen LogP contribution in [-0.4, -0.2) is 70.3 Å². The van der Waals surface area contributed by atoms with E-state index in [1.165, 1.54) is 28.2 Å². The Kier molecular flexibility index (Phi) is 3.54. The average molecular weight is 358 g/mol. The number of aromatic nitrogens is 1. The Morgan fingerprint density at radius 2 is 1.92 bits per heavy atom. The van der Waals surface area contributed by atoms with Crippen molar-refractivity contribution in [1.82, 2.24) is 19.7 Å². The summed E-state index contributed by atoms with van der Waals surface area (Å²) in [5.74, 6) is -0.214. The van der Waals surface area contributed by atoms with Crippen molar-refractivity contribution in [1.29, 1.82) is 0 Å². The molecule has 4 amide bonds. The van der Waals surface area contributed by atoms with Crippen LogP contribution in [-0.2, 0) is 4.79 Å². The number of piperidine rings is 1. The Bertz CT molecular complexity index is 885. The van der Waals surface area contributed by atoms with Gasteiger partial charge in [0.2, 0.25) is 0 Å². The van der Waals surface area contributed by atoms with Gasteiger partial charge in [-0.3, -0.25) is 14.5 Å². The number of benzene rings is 1. The zero-order valence-corrected chi connectivity index (χ0v) is 14.9. The number of likely N-dealkylation sites (tertiary alicyclic amines) is 1. The fraction of sp³-hybridized carbons (Fsp3) is 0.412. The van der Waals surface area contributed by atoms with Crippen molar-refractivity contribution in [3.8, 4) is 0 Å². The van der Waals surface area contributed by atoms with Gasteiger partial charge in [0.15, 0.2) is 0 Å². The second kappa shape index (κ2) is 5.52. The summed E-state index contributed by atoms with van der Waals surface area (Å²) in [6, 6.07) is 5.26. The SMILES string of the molecule is CN1C(=O)N(C)C2(CCN(C(=O)c3cccc4ncsc34)CC2)C1=O. The molecule has 0 bridgehead atoms. The van der Waals surface area contributed by atoms with E-state index in [0.717, 1.165) is 10.2 Å². The van der Waals surface area contributed by atoms with Gasteiger partial charge in [-0.1, -0.05) is 6.07 Å². The Labute approximate surface area is 148 Å². The van der Waals surface area contributed by atoms with Crippen molar-refractivity contribution in [2.24, 2.45) is 0 Å². The number of imide groups is 1. The van der Waals surface area contributed by atoms with Crippen molar-refractivity contribution in [3.63, 3.8) is 0 Å². The zero-order valence-electron chi connectivity index (χ0n) is 14.1. The molecular formula is C17H18N4O3S. The average Bonchev–Trinajstić information content (AvgIpc) is 3.18. The zero-order chi connectivity index (χ0) is 17.8. The molecule has 0 aliphatic carbocycles. The molecule has 7 nitrogen and oxygen atoms in total. The van der Waals surface area contributed by atoms with Gasteiger partial charge in [0.1, 0.15) is 5.54 Å². The number of nitrogens with zero attached hydrogens (tertiary/aromatic N) is 4. The minimum Gasteiger partial charge on any atom is -0.338 e. The quantitative estimate of drug-likeness (QED) is 0.729. The third-order valence-corrected chi connectivity index (χ3v) is 6.26. The van der Waals surface area contributed by atoms with Crippen LogP contribution in [0.25, 0.3) is 10.2 Å². The number of likely N-dealkylation sites (N-methyl/N-ethyl adjacent to an activating group) is 2. The van der Waals surface area contributed by atoms with E-state index in [4.69, 9.17) is 0 Å². The Morgan fingerprint density at radius 3 is 2.56 bits per heavy atom. The Hall–Kier alpha value is -2.48. The number of carbonyl (C=O) groups excluding carboxylic acids is 3. The highest BCUT2D eigenvalue weighted by Crippen LogP contribution is 2.36. The highest BCUT2D eigenvalue weighted by Gasteiger charge is 2.55. The van der Waals surface area contributed by atoms with Gasteiger partial charge < -0.3 is 9.80 Å². The standard InChI is InChI=1S/C17H18N4O3S/c1-19-15(23)17(20(2)16(19)24)6-8-21(9-7-17)14(22)11-4-3-5-12-13(11)25-10-18-12/h3-5,10H,6-9H2,1-2H3. The van der Waals surface area contributed by atoms with Crippen LogP contribution in [0.5, 0.6) is 0 Å². The van der Waals surface area contributed by atoms with Crippen LogP contribution >= 0.6 is 11.3 Å². The number of hydrogen-bond donors (Lipinski definition) is 0. The van der Waals surface area contributed by atoms with Gasteiger partial charge in [0, 0.05) is 27.2 Å². The molecule has 0 atom stereocenters. The summed E-state index contributed by atoms with van der Waals surface area (Å²) in [4.78, 5) is 46.3. The largest absolute Gasteiger partial charge is 0.338 e. The summed E-state index contributed by atoms with van der Waals surface area (Å²) < 4.78 is 0.886. The van der Waals surface area contributed by atoms with Gasteiger partial charge in [-0.2, -0.15) is 0 Å². The monoisotopic (exact) mass is 358 g/mol. The molecule has 1 aromatic carbocycles. The molecular weight excluding hydrogens is 340 g/mol. The highest BCUT2D eigenvalue weighted by molar-refractivity contribution is 7.17. The van der Waals surface area contributed by atoms with Crippen molar-refractivity contribution >= 4 is 39.4 Å². The topological polar surface area (TPSA) is 73.8 Å². The van der Waals surface area contributed by atoms with E-state index < -0.39 is 5.54 Å². The molecule has 2 aromatic rings. The third-order valence-electron chi connectivity index (χ3n) is 5.38. The molecule has 1 aromatic heterocycles. The van der Waals surface area contributed by atoms with Gasteiger partial charge in [0.05, 0.1) is 21.3 Å². The second-order valence-electron chi connectivity index (χ2n) is 6.54. The van der Waals surface area contributed by atoms with E-state index in [9.17, 15) is 14.4 Å². The van der Waals surface area contributed by atoms with Gasteiger partial charge in [0.25, 0.3) is 11.8 Å². The lowest BCUT2D eigenvalue weighted by Crippen LogP contribution is -2.56. The van der Waals surface area contributed by atoms with Crippen LogP contribution in [0.1, 0.15) is 23.2 Å². The first-order chi connectivity index (χ1) is 12.0. The van der Waals surface area contributed by atoms with Crippen molar-refractivity contribution in [2.75, 3.05) is 27.2 Å². The Morgan fingerprint density at radius 1 is 1.20 bits per heavy atom. The third kappa shape index (κ3) is 2.17. The lowest BCUT2D eigenvalue weighted by molar-refractivity contribution is -0.134. The molecule has 0 saturated carbocycles. The molecule has 0 radical (unpaired) electrons. The summed E-state index contributed by atoms with van der Waals surface area (Å²) in [7, 11) is 3.18. The molecule has 2 aliphatic heterocycles. The maximum atomic E-state index is 12.9. The highest BCUT2D eigenvalue weighted by atomic mass is 32.1. The summed E-state index contributed by atoms with van der Waals surface area (Å²) in [6.45, 7) is 0.899. The predicted molar refractivity (Wildman–Crippen MR) is 93.4 cm³/mol. The van der Waals surface area contributed by atoms with Crippen LogP contribution in [0, 0.1) is 0 Å². The predicted octanol–water partition coefficient (Wildman–Crippen LogP) is 1.79. The van der Waals surface area contributed by atoms with Crippen LogP contribution in [0.4, 0.5) is 4.79 Å². The molecule has 0 N–H and O–H groups in total. The number of thiazole rings is 1. The van der Waals surface area contributed by atoms with Gasteiger partial charge >= 0.3 is 6.03 Å². The van der Waals surface area contributed by atoms with Gasteiger partial charge in [-0.05, 0) is 25.0 Å². The Balaban J connectivity index is 1.56. The molecule has 2 aliphatic rings. The first-order valence-corrected chi connectivity index (χ1v) is 9.01. The number of urea groups is 1. The van der Waals surface area contributed by atoms with E-state index in [1.54, 1.807) is 17.5 Å². The molecule has 3 heterocycles. The van der Waals surface area contributed by atoms with E-state index in [-0.39, 0.29) is 17.8 Å². The number of carbonyl (C=O) groups is 3. The maximum absolute atomic E-state index is 12.9. The summed E-state index contributed by atoms with van der Waals surface area (Å²) in [5, 5.41) is 0. The molecule has 8 heteroatoms. The summed E-state index contributed by atoms with van der Waals surface area (Å²) >= 11 is 1.45. The van der Waals surface area contributed by atoms with E-state index in [1.807, 2.05) is 18.2 Å². The normalized spacial score (nSPS) is 20.2. The molecule has 1 spiro atoms. The minimum absolute atomic E-state index is 0.0440. The van der Waals surface area contributed by atoms with Crippen LogP contribution < -0.4 is 0 Å². The van der Waals surface area contributed by atoms with Crippen molar-refractivity contribution in [2.45, 2.75) is 18.4 Å². The smallest absolute Gasteiger partial charge is 0.327 e. The molecule has 2 saturated heterocycles. The molecule has 25 heavy (non-hydrogen) atoms. The maximum Gasteiger partial charge on any atom is 0.327 e. The first kappa shape index (κ1) is 16.0. The van der Waals surface area contributed by atoms with Gasteiger partial charge in [-0.15, -0.1) is 11.3 Å². The van der Waals surface area contributed by atoms with E-state index >= 15 is 0 Å². The number of rotatable bonds is 1. The lowest BCUT2D eigenvalue weighted by Gasteiger charge is -2.40. The van der Waals surface area contributed by atoms with Crippen LogP contribution in [0.15, 0.2) is 23.7 Å². The van der Waals surface area contributed by atoms with Gasteiger partial charge in [-0.25, -0.2) is 9.78 Å². The van der Waals surface area contributed by atoms with E-state index in [2.05, 4.69) is 4.98 Å². The first-order valence-electron chi connectivity index (χ1n) is 8.13. The molecule has 0 unspecified atom stereocenters. The summed E-state index contributed by atoms with van der Waals surface area (Å²) in [5.41, 5.74) is 2.40. The summed E-state index contributed by atoms with van der Waals surface area (Å²) in [6.07, 6.45) is 0.922. The van der Waals surface area contributed by atoms with Crippen molar-refractivity contribution < 1.29 is 14.4 Å². The second-order valence-corrected chi connectivity index (χ2v) is 7.39. The lowest BCUT2D eigenvalue weighted by atomic mass is 9.86. The minimum atomic E-state index is -0.806. The van der Waals surface area contributed by atoms with Crippen LogP contribution in [0.2, 0.25) is 0 Å². The number of amides is 4. The molecule has 4 rings (SSSR count). The van der Waals surface area contributed by atoms with Crippen molar-refractivity contribution in [3.05, 3.63) is 29.3 Å². The van der Waals surface area contributed by atoms with Crippen LogP contribution in [0.3, 0.4) is 0 Å². The fourth-order valence-electron chi connectivity index (χ4n) is 3.80. The fourth-order valence-corrected chi connectivity index (χ4v) is 4.60. The number of hydrogen-bond acceptors (Lipinski definition) is 5. The molecule has 130 valence electrons. The van der Waals surface area contributed by atoms with E-state index in [0.29, 0.717) is 31.5 Å².